The number of carbonyl (C=O) groups is 3. The molecule has 0 radical (unpaired) electrons. The maximum Gasteiger partial charge on any atom is 0.323 e. The number of primary amides is 1. The highest BCUT2D eigenvalue weighted by Crippen LogP contribution is 2.27. The number of aromatic nitrogens is 1. The van der Waals surface area contributed by atoms with E-state index in [1.54, 1.807) is 6.07 Å². The fourth-order valence-electron chi connectivity index (χ4n) is 2.42. The van der Waals surface area contributed by atoms with Gasteiger partial charge in [-0.05, 0) is 30.9 Å². The zero-order valence-corrected chi connectivity index (χ0v) is 11.2. The number of carboxylic acid groups (broad SMARTS) is 2. The number of nitrogens with two attached hydrogens (primary N) is 1. The van der Waals surface area contributed by atoms with Crippen LogP contribution in [0.5, 0.6) is 0 Å². The van der Waals surface area contributed by atoms with Crippen LogP contribution in [0.4, 0.5) is 5.82 Å². The number of pyridine rings is 1. The molecule has 1 amide bonds. The quantitative estimate of drug-likeness (QED) is 0.652. The normalized spacial score (nSPS) is 12.8. The molecule has 21 heavy (non-hydrogen) atoms. The van der Waals surface area contributed by atoms with Crippen molar-refractivity contribution in [2.75, 3.05) is 18.0 Å². The zero-order chi connectivity index (χ0) is 15.6. The van der Waals surface area contributed by atoms with E-state index in [0.29, 0.717) is 0 Å². The second-order valence-electron chi connectivity index (χ2n) is 4.83. The average molecular weight is 293 g/mol. The minimum Gasteiger partial charge on any atom is -0.480 e. The minimum atomic E-state index is -1.21. The van der Waals surface area contributed by atoms with Gasteiger partial charge in [0, 0.05) is 5.69 Å². The highest BCUT2D eigenvalue weighted by atomic mass is 16.4. The Kier molecular flexibility index (Phi) is 4.06. The number of carboxylic acids is 2. The summed E-state index contributed by atoms with van der Waals surface area (Å²) < 4.78 is 0. The van der Waals surface area contributed by atoms with Crippen LogP contribution in [0.15, 0.2) is 6.07 Å². The van der Waals surface area contributed by atoms with E-state index in [1.807, 2.05) is 0 Å². The first-order chi connectivity index (χ1) is 9.88. The first-order valence-corrected chi connectivity index (χ1v) is 6.39. The van der Waals surface area contributed by atoms with Gasteiger partial charge in [0.2, 0.25) is 0 Å². The summed E-state index contributed by atoms with van der Waals surface area (Å²) in [6.45, 7) is -1.14. The van der Waals surface area contributed by atoms with E-state index in [4.69, 9.17) is 15.9 Å². The maximum atomic E-state index is 11.6. The predicted octanol–water partition coefficient (Wildman–Crippen LogP) is -0.355. The number of amides is 1. The third-order valence-electron chi connectivity index (χ3n) is 3.25. The van der Waals surface area contributed by atoms with Gasteiger partial charge in [-0.2, -0.15) is 0 Å². The van der Waals surface area contributed by atoms with Crippen molar-refractivity contribution >= 4 is 23.7 Å². The molecule has 0 unspecified atom stereocenters. The van der Waals surface area contributed by atoms with Crippen LogP contribution in [0.1, 0.15) is 28.0 Å². The minimum absolute atomic E-state index is 0.0213. The van der Waals surface area contributed by atoms with E-state index >= 15 is 0 Å². The summed E-state index contributed by atoms with van der Waals surface area (Å²) in [5.41, 5.74) is 7.02. The van der Waals surface area contributed by atoms with Gasteiger partial charge < -0.3 is 20.8 Å². The Balaban J connectivity index is 2.49. The molecule has 1 aliphatic carbocycles. The monoisotopic (exact) mass is 293 g/mol. The highest BCUT2D eigenvalue weighted by molar-refractivity contribution is 5.99. The number of hydrogen-bond donors (Lipinski definition) is 3. The number of rotatable bonds is 6. The van der Waals surface area contributed by atoms with Gasteiger partial charge in [0.25, 0.3) is 5.91 Å². The van der Waals surface area contributed by atoms with Crippen LogP contribution >= 0.6 is 0 Å². The number of aryl methyl sites for hydroxylation is 2. The van der Waals surface area contributed by atoms with E-state index < -0.39 is 30.9 Å². The molecular weight excluding hydrogens is 278 g/mol. The summed E-state index contributed by atoms with van der Waals surface area (Å²) in [6, 6.07) is 1.59. The van der Waals surface area contributed by atoms with Gasteiger partial charge in [-0.25, -0.2) is 4.98 Å². The predicted molar refractivity (Wildman–Crippen MR) is 72.3 cm³/mol. The van der Waals surface area contributed by atoms with Crippen LogP contribution in [0.25, 0.3) is 0 Å². The Morgan fingerprint density at radius 1 is 1.19 bits per heavy atom. The lowest BCUT2D eigenvalue weighted by Crippen LogP contribution is -2.37. The number of hydrogen-bond acceptors (Lipinski definition) is 5. The van der Waals surface area contributed by atoms with Crippen LogP contribution in [0.3, 0.4) is 0 Å². The summed E-state index contributed by atoms with van der Waals surface area (Å²) in [7, 11) is 0. The molecule has 112 valence electrons. The first kappa shape index (κ1) is 14.8. The SMILES string of the molecule is NC(=O)c1cc2c(nc1N(CC(=O)O)CC(=O)O)CCC2. The van der Waals surface area contributed by atoms with Gasteiger partial charge in [0.15, 0.2) is 0 Å². The fraction of sp³-hybridized carbons (Fsp3) is 0.385. The molecule has 0 fully saturated rings. The van der Waals surface area contributed by atoms with Crippen molar-refractivity contribution in [3.63, 3.8) is 0 Å². The van der Waals surface area contributed by atoms with Gasteiger partial charge in [0.1, 0.15) is 18.9 Å². The van der Waals surface area contributed by atoms with Gasteiger partial charge in [-0.15, -0.1) is 0 Å². The number of carbonyl (C=O) groups excluding carboxylic acids is 1. The molecule has 0 aromatic carbocycles. The summed E-state index contributed by atoms with van der Waals surface area (Å²) in [5.74, 6) is -3.16. The molecule has 8 nitrogen and oxygen atoms in total. The molecule has 8 heteroatoms. The molecule has 1 aromatic heterocycles. The molecule has 1 aliphatic rings. The Morgan fingerprint density at radius 3 is 2.33 bits per heavy atom. The van der Waals surface area contributed by atoms with E-state index in [9.17, 15) is 14.4 Å². The fourth-order valence-corrected chi connectivity index (χ4v) is 2.42. The van der Waals surface area contributed by atoms with E-state index in [2.05, 4.69) is 4.98 Å². The standard InChI is InChI=1S/C13H15N3O5/c14-12(21)8-4-7-2-1-3-9(7)15-13(8)16(5-10(17)18)6-11(19)20/h4H,1-3,5-6H2,(H2,14,21)(H,17,18)(H,19,20). The Labute approximate surface area is 120 Å². The summed E-state index contributed by atoms with van der Waals surface area (Å²) >= 11 is 0. The van der Waals surface area contributed by atoms with Gasteiger partial charge >= 0.3 is 11.9 Å². The van der Waals surface area contributed by atoms with Crippen molar-refractivity contribution in [1.29, 1.82) is 0 Å². The molecule has 0 saturated heterocycles. The largest absolute Gasteiger partial charge is 0.480 e. The Hall–Kier alpha value is -2.64. The molecule has 0 aliphatic heterocycles. The lowest BCUT2D eigenvalue weighted by atomic mass is 10.1. The van der Waals surface area contributed by atoms with Crippen LogP contribution in [0.2, 0.25) is 0 Å². The van der Waals surface area contributed by atoms with Crippen LogP contribution in [-0.2, 0) is 22.4 Å². The third-order valence-corrected chi connectivity index (χ3v) is 3.25. The summed E-state index contributed by atoms with van der Waals surface area (Å²) in [6.07, 6.45) is 2.39. The molecule has 0 atom stereocenters. The lowest BCUT2D eigenvalue weighted by Gasteiger charge is -2.22. The van der Waals surface area contributed by atoms with Gasteiger partial charge in [-0.3, -0.25) is 14.4 Å². The second-order valence-corrected chi connectivity index (χ2v) is 4.83. The van der Waals surface area contributed by atoms with Crippen molar-refractivity contribution in [1.82, 2.24) is 4.98 Å². The summed E-state index contributed by atoms with van der Waals surface area (Å²) in [4.78, 5) is 38.7. The molecule has 0 bridgehead atoms. The van der Waals surface area contributed by atoms with Crippen LogP contribution in [0, 0.1) is 0 Å². The van der Waals surface area contributed by atoms with Crippen LogP contribution in [-0.4, -0.2) is 46.1 Å². The molecule has 2 rings (SSSR count). The number of anilines is 1. The van der Waals surface area contributed by atoms with Gasteiger partial charge in [-0.1, -0.05) is 0 Å². The topological polar surface area (TPSA) is 134 Å². The van der Waals surface area contributed by atoms with Crippen molar-refractivity contribution in [3.05, 3.63) is 22.9 Å². The van der Waals surface area contributed by atoms with Crippen molar-refractivity contribution in [2.24, 2.45) is 5.73 Å². The molecule has 1 heterocycles. The molecule has 1 aromatic rings. The van der Waals surface area contributed by atoms with Gasteiger partial charge in [0.05, 0.1) is 5.56 Å². The van der Waals surface area contributed by atoms with Crippen LogP contribution < -0.4 is 10.6 Å². The Bertz CT molecular complexity index is 598. The van der Waals surface area contributed by atoms with E-state index in [0.717, 1.165) is 35.4 Å². The molecular formula is C13H15N3O5. The number of nitrogens with zero attached hydrogens (tertiary/aromatic N) is 2. The van der Waals surface area contributed by atoms with Crippen molar-refractivity contribution in [2.45, 2.75) is 19.3 Å². The maximum absolute atomic E-state index is 11.6. The third kappa shape index (κ3) is 3.28. The van der Waals surface area contributed by atoms with E-state index in [-0.39, 0.29) is 11.4 Å². The summed E-state index contributed by atoms with van der Waals surface area (Å²) in [5, 5.41) is 17.8. The zero-order valence-electron chi connectivity index (χ0n) is 11.2. The molecule has 4 N–H and O–H groups in total. The molecule has 0 saturated carbocycles. The smallest absolute Gasteiger partial charge is 0.323 e. The van der Waals surface area contributed by atoms with E-state index in [1.165, 1.54) is 0 Å². The molecule has 0 spiro atoms. The van der Waals surface area contributed by atoms with Crippen molar-refractivity contribution in [3.8, 4) is 0 Å². The highest BCUT2D eigenvalue weighted by Gasteiger charge is 2.24. The van der Waals surface area contributed by atoms with Crippen molar-refractivity contribution < 1.29 is 24.6 Å². The Morgan fingerprint density at radius 2 is 1.81 bits per heavy atom. The number of aliphatic carboxylic acids is 2. The average Bonchev–Trinajstić information content (AvgIpc) is 2.82. The lowest BCUT2D eigenvalue weighted by molar-refractivity contribution is -0.136. The number of fused-ring (bicyclic) bond motifs is 1. The first-order valence-electron chi connectivity index (χ1n) is 6.39. The second kappa shape index (κ2) is 5.78.